The molecule has 9 heteroatoms. The molecule has 6 atom stereocenters. The molecule has 1 fully saturated rings. The molecule has 1 aliphatic carbocycles. The van der Waals surface area contributed by atoms with E-state index in [9.17, 15) is 24.4 Å². The molecule has 0 saturated heterocycles. The third-order valence-electron chi connectivity index (χ3n) is 5.02. The highest BCUT2D eigenvalue weighted by atomic mass is 31.1. The summed E-state index contributed by atoms with van der Waals surface area (Å²) in [5, 5.41) is 20.8. The largest absolute Gasteiger partial charge is 0.511 e. The molecule has 1 aliphatic rings. The Balaban J connectivity index is 2.13. The molecule has 4 unspecified atom stereocenters. The van der Waals surface area contributed by atoms with Gasteiger partial charge in [-0.1, -0.05) is 6.92 Å². The molecule has 1 aromatic rings. The summed E-state index contributed by atoms with van der Waals surface area (Å²) in [6.45, 7) is 7.42. The first-order chi connectivity index (χ1) is 12.1. The normalized spacial score (nSPS) is 28.2. The predicted octanol–water partition coefficient (Wildman–Crippen LogP) is 1.55. The first-order valence-electron chi connectivity index (χ1n) is 8.89. The number of H-pyrrole nitrogens is 1. The average molecular weight is 387 g/mol. The molecule has 1 heterocycles. The van der Waals surface area contributed by atoms with Crippen LogP contribution in [0.5, 0.6) is 0 Å². The summed E-state index contributed by atoms with van der Waals surface area (Å²) in [4.78, 5) is 25.3. The summed E-state index contributed by atoms with van der Waals surface area (Å²) in [6.07, 6.45) is 0.628. The lowest BCUT2D eigenvalue weighted by molar-refractivity contribution is -0.0113. The lowest BCUT2D eigenvalue weighted by Crippen LogP contribution is -2.37. The lowest BCUT2D eigenvalue weighted by atomic mass is 9.91. The number of aromatic nitrogens is 2. The molecule has 1 aromatic heterocycles. The Morgan fingerprint density at radius 2 is 2.04 bits per heavy atom. The predicted molar refractivity (Wildman–Crippen MR) is 97.6 cm³/mol. The van der Waals surface area contributed by atoms with Crippen molar-refractivity contribution in [1.82, 2.24) is 9.55 Å². The third-order valence-corrected chi connectivity index (χ3v) is 6.78. The van der Waals surface area contributed by atoms with Crippen LogP contribution in [0.15, 0.2) is 21.9 Å². The molecule has 0 bridgehead atoms. The Morgan fingerprint density at radius 3 is 2.62 bits per heavy atom. The van der Waals surface area contributed by atoms with Crippen molar-refractivity contribution in [1.29, 1.82) is 0 Å². The van der Waals surface area contributed by atoms with Gasteiger partial charge in [-0.2, -0.15) is 0 Å². The maximum Gasteiger partial charge on any atom is 0.511 e. The highest BCUT2D eigenvalue weighted by Crippen LogP contribution is 2.43. The van der Waals surface area contributed by atoms with Crippen LogP contribution in [-0.2, 0) is 9.09 Å². The quantitative estimate of drug-likeness (QED) is 0.610. The van der Waals surface area contributed by atoms with Gasteiger partial charge in [0.1, 0.15) is 11.7 Å². The van der Waals surface area contributed by atoms with Gasteiger partial charge in [-0.05, 0) is 50.5 Å². The van der Waals surface area contributed by atoms with Crippen molar-refractivity contribution in [2.45, 2.75) is 76.5 Å². The maximum absolute atomic E-state index is 12.2. The topological polar surface area (TPSA) is 122 Å². The molecule has 0 aliphatic heterocycles. The minimum atomic E-state index is -1.83. The smallest absolute Gasteiger partial charge is 0.390 e. The van der Waals surface area contributed by atoms with Crippen molar-refractivity contribution < 1.29 is 19.3 Å². The van der Waals surface area contributed by atoms with Crippen LogP contribution in [0.3, 0.4) is 0 Å². The van der Waals surface area contributed by atoms with Crippen LogP contribution in [0.1, 0.15) is 53.0 Å². The Kier molecular flexibility index (Phi) is 6.55. The summed E-state index contributed by atoms with van der Waals surface area (Å²) in [5.41, 5.74) is -1.94. The van der Waals surface area contributed by atoms with Gasteiger partial charge in [-0.25, -0.2) is 4.79 Å². The Labute approximate surface area is 153 Å². The molecular formula is C17H28N2O6P+. The van der Waals surface area contributed by atoms with Gasteiger partial charge in [0, 0.05) is 12.3 Å². The second-order valence-electron chi connectivity index (χ2n) is 7.66. The Bertz CT molecular complexity index is 758. The third kappa shape index (κ3) is 4.68. The second-order valence-corrected chi connectivity index (χ2v) is 9.29. The number of hydrogen-bond acceptors (Lipinski definition) is 6. The molecule has 0 aromatic carbocycles. The number of nitrogens with one attached hydrogen (secondary N) is 1. The van der Waals surface area contributed by atoms with Gasteiger partial charge in [0.25, 0.3) is 5.56 Å². The molecule has 2 rings (SSSR count). The van der Waals surface area contributed by atoms with Crippen molar-refractivity contribution in [3.63, 3.8) is 0 Å². The minimum Gasteiger partial charge on any atom is -0.390 e. The monoisotopic (exact) mass is 387 g/mol. The van der Waals surface area contributed by atoms with E-state index in [1.54, 1.807) is 13.8 Å². The molecule has 1 saturated carbocycles. The molecule has 146 valence electrons. The van der Waals surface area contributed by atoms with Crippen LogP contribution in [0.2, 0.25) is 0 Å². The fourth-order valence-electron chi connectivity index (χ4n) is 3.42. The van der Waals surface area contributed by atoms with Crippen LogP contribution >= 0.6 is 8.03 Å². The van der Waals surface area contributed by atoms with Gasteiger partial charge in [-0.15, -0.1) is 4.52 Å². The zero-order chi connectivity index (χ0) is 19.6. The van der Waals surface area contributed by atoms with Crippen molar-refractivity contribution in [3.8, 4) is 0 Å². The van der Waals surface area contributed by atoms with Gasteiger partial charge in [0.05, 0.1) is 12.1 Å². The number of hydrogen-bond donors (Lipinski definition) is 3. The number of nitrogens with zero attached hydrogens (tertiary/aromatic N) is 1. The van der Waals surface area contributed by atoms with E-state index in [4.69, 9.17) is 4.52 Å². The van der Waals surface area contributed by atoms with Crippen molar-refractivity contribution >= 4 is 8.03 Å². The van der Waals surface area contributed by atoms with Crippen LogP contribution in [0.4, 0.5) is 0 Å². The van der Waals surface area contributed by atoms with E-state index in [-0.39, 0.29) is 11.6 Å². The fourth-order valence-corrected chi connectivity index (χ4v) is 4.46. The summed E-state index contributed by atoms with van der Waals surface area (Å²) in [5.74, 6) is -0.329. The number of aromatic amines is 1. The zero-order valence-electron chi connectivity index (χ0n) is 15.6. The summed E-state index contributed by atoms with van der Waals surface area (Å²) >= 11 is 0. The van der Waals surface area contributed by atoms with E-state index >= 15 is 0 Å². The summed E-state index contributed by atoms with van der Waals surface area (Å²) in [7, 11) is -1.83. The van der Waals surface area contributed by atoms with Gasteiger partial charge in [-0.3, -0.25) is 14.3 Å². The fraction of sp³-hybridized carbons (Fsp3) is 0.765. The summed E-state index contributed by atoms with van der Waals surface area (Å²) in [6, 6.07) is 0.566. The Hall–Kier alpha value is -1.34. The van der Waals surface area contributed by atoms with E-state index in [1.165, 1.54) is 16.8 Å². The van der Waals surface area contributed by atoms with Gasteiger partial charge in [0.2, 0.25) is 0 Å². The van der Waals surface area contributed by atoms with Gasteiger partial charge in [0.15, 0.2) is 5.66 Å². The second kappa shape index (κ2) is 8.13. The number of rotatable bonds is 7. The van der Waals surface area contributed by atoms with Crippen molar-refractivity contribution in [2.75, 3.05) is 0 Å². The maximum atomic E-state index is 12.2. The van der Waals surface area contributed by atoms with Crippen molar-refractivity contribution in [2.24, 2.45) is 5.92 Å². The highest BCUT2D eigenvalue weighted by molar-refractivity contribution is 7.40. The van der Waals surface area contributed by atoms with E-state index < -0.39 is 43.1 Å². The first kappa shape index (κ1) is 21.0. The average Bonchev–Trinajstić information content (AvgIpc) is 2.81. The van der Waals surface area contributed by atoms with E-state index in [2.05, 4.69) is 4.98 Å². The summed E-state index contributed by atoms with van der Waals surface area (Å²) < 4.78 is 19.2. The SMILES string of the molecule is CCC(C)[P+](=O)OC(C)(C)C[C@H]1CC(n2ccc(=O)[nH]c2=O)[C@H](O)C1O. The molecule has 3 N–H and O–H groups in total. The minimum absolute atomic E-state index is 0.0594. The zero-order valence-corrected chi connectivity index (χ0v) is 16.5. The van der Waals surface area contributed by atoms with Crippen LogP contribution in [-0.4, -0.2) is 43.2 Å². The first-order valence-corrected chi connectivity index (χ1v) is 10.1. The number of aliphatic hydroxyl groups excluding tert-OH is 2. The van der Waals surface area contributed by atoms with Crippen LogP contribution < -0.4 is 11.2 Å². The van der Waals surface area contributed by atoms with Gasteiger partial charge < -0.3 is 10.2 Å². The molecule has 0 spiro atoms. The molecule has 0 amide bonds. The standard InChI is InChI=1S/C17H27N2O6P/c1-5-10(2)26(24)25-17(3,4)9-11-8-12(15(22)14(11)21)19-7-6-13(20)18-16(19)23/h6-7,10-12,14-15,21-22H,5,8-9H2,1-4H3/p+1/t10?,11-,12?,14?,15+/m1/s1. The van der Waals surface area contributed by atoms with Crippen LogP contribution in [0.25, 0.3) is 0 Å². The van der Waals surface area contributed by atoms with Crippen molar-refractivity contribution in [3.05, 3.63) is 33.1 Å². The van der Waals surface area contributed by atoms with Crippen LogP contribution in [0, 0.1) is 5.92 Å². The van der Waals surface area contributed by atoms with E-state index in [0.717, 1.165) is 6.42 Å². The lowest BCUT2D eigenvalue weighted by Gasteiger charge is -2.25. The molecular weight excluding hydrogens is 359 g/mol. The van der Waals surface area contributed by atoms with E-state index in [0.29, 0.717) is 12.8 Å². The molecule has 26 heavy (non-hydrogen) atoms. The molecule has 0 radical (unpaired) electrons. The Morgan fingerprint density at radius 1 is 1.38 bits per heavy atom. The van der Waals surface area contributed by atoms with E-state index in [1.807, 2.05) is 13.8 Å². The molecule has 8 nitrogen and oxygen atoms in total. The highest BCUT2D eigenvalue weighted by Gasteiger charge is 2.46. The number of aliphatic hydroxyl groups is 2. The van der Waals surface area contributed by atoms with Gasteiger partial charge >= 0.3 is 13.7 Å².